The third kappa shape index (κ3) is 4.03. The molecular formula is C26H32ClN3O2. The maximum Gasteiger partial charge on any atom is 0.236 e. The third-order valence-corrected chi connectivity index (χ3v) is 7.52. The molecule has 2 aromatic rings. The third-order valence-electron chi connectivity index (χ3n) is 7.26. The minimum atomic E-state index is -0.811. The van der Waals surface area contributed by atoms with Gasteiger partial charge in [0.25, 0.3) is 0 Å². The summed E-state index contributed by atoms with van der Waals surface area (Å²) in [4.78, 5) is 35.9. The summed E-state index contributed by atoms with van der Waals surface area (Å²) in [5.41, 5.74) is 0.436. The van der Waals surface area contributed by atoms with E-state index in [-0.39, 0.29) is 11.8 Å². The molecule has 4 rings (SSSR count). The molecular weight excluding hydrogens is 422 g/mol. The molecule has 2 heterocycles. The Morgan fingerprint density at radius 2 is 1.62 bits per heavy atom. The van der Waals surface area contributed by atoms with E-state index in [9.17, 15) is 9.59 Å². The Kier molecular flexibility index (Phi) is 6.57. The first-order valence-electron chi connectivity index (χ1n) is 11.6. The number of carbonyl (C=O) groups is 2. The maximum atomic E-state index is 14.2. The van der Waals surface area contributed by atoms with Gasteiger partial charge in [0, 0.05) is 38.4 Å². The highest BCUT2D eigenvalue weighted by Gasteiger charge is 2.50. The van der Waals surface area contributed by atoms with E-state index in [0.29, 0.717) is 24.5 Å². The molecule has 2 fully saturated rings. The molecule has 1 saturated heterocycles. The molecule has 1 atom stereocenters. The summed E-state index contributed by atoms with van der Waals surface area (Å²) in [6.45, 7) is 1.04. The van der Waals surface area contributed by atoms with Gasteiger partial charge in [-0.3, -0.25) is 14.6 Å². The Morgan fingerprint density at radius 1 is 0.938 bits per heavy atom. The molecule has 2 aliphatic rings. The number of carbonyl (C=O) groups excluding carboxylic acids is 2. The van der Waals surface area contributed by atoms with Gasteiger partial charge >= 0.3 is 0 Å². The van der Waals surface area contributed by atoms with Crippen molar-refractivity contribution in [3.05, 3.63) is 64.9 Å². The van der Waals surface area contributed by atoms with E-state index in [1.165, 1.54) is 0 Å². The molecule has 32 heavy (non-hydrogen) atoms. The van der Waals surface area contributed by atoms with Crippen molar-refractivity contribution in [3.63, 3.8) is 0 Å². The molecule has 6 heteroatoms. The molecule has 0 bridgehead atoms. The van der Waals surface area contributed by atoms with Gasteiger partial charge in [0.15, 0.2) is 0 Å². The second-order valence-corrected chi connectivity index (χ2v) is 9.91. The van der Waals surface area contributed by atoms with Gasteiger partial charge < -0.3 is 9.80 Å². The van der Waals surface area contributed by atoms with Crippen LogP contribution in [0.5, 0.6) is 0 Å². The van der Waals surface area contributed by atoms with E-state index in [0.717, 1.165) is 49.8 Å². The number of hydrogen-bond acceptors (Lipinski definition) is 3. The number of aromatic nitrogens is 1. The molecule has 1 aromatic heterocycles. The highest BCUT2D eigenvalue weighted by Crippen LogP contribution is 2.43. The molecule has 0 unspecified atom stereocenters. The highest BCUT2D eigenvalue weighted by atomic mass is 35.5. The van der Waals surface area contributed by atoms with Gasteiger partial charge in [-0.05, 0) is 55.5 Å². The van der Waals surface area contributed by atoms with Gasteiger partial charge in [-0.15, -0.1) is 0 Å². The number of amides is 2. The Bertz CT molecular complexity index is 955. The molecule has 2 amide bonds. The second-order valence-electron chi connectivity index (χ2n) is 9.48. The molecule has 0 N–H and O–H groups in total. The first-order chi connectivity index (χ1) is 15.4. The van der Waals surface area contributed by atoms with Gasteiger partial charge in [0.1, 0.15) is 5.41 Å². The fourth-order valence-corrected chi connectivity index (χ4v) is 5.77. The smallest absolute Gasteiger partial charge is 0.236 e. The Balaban J connectivity index is 1.72. The van der Waals surface area contributed by atoms with E-state index in [2.05, 4.69) is 4.98 Å². The van der Waals surface area contributed by atoms with Crippen molar-refractivity contribution in [1.82, 2.24) is 14.8 Å². The minimum Gasteiger partial charge on any atom is -0.348 e. The van der Waals surface area contributed by atoms with E-state index in [1.54, 1.807) is 25.2 Å². The molecule has 0 spiro atoms. The number of benzene rings is 1. The average molecular weight is 454 g/mol. The zero-order valence-corrected chi connectivity index (χ0v) is 19.8. The van der Waals surface area contributed by atoms with Crippen LogP contribution >= 0.6 is 11.6 Å². The van der Waals surface area contributed by atoms with Crippen LogP contribution in [0.3, 0.4) is 0 Å². The number of hydrogen-bond donors (Lipinski definition) is 0. The summed E-state index contributed by atoms with van der Waals surface area (Å²) in [6.07, 6.45) is 8.09. The molecule has 1 aliphatic carbocycles. The van der Waals surface area contributed by atoms with Crippen molar-refractivity contribution < 1.29 is 9.59 Å². The predicted molar refractivity (Wildman–Crippen MR) is 127 cm³/mol. The quantitative estimate of drug-likeness (QED) is 0.680. The van der Waals surface area contributed by atoms with Crippen molar-refractivity contribution in [1.29, 1.82) is 0 Å². The monoisotopic (exact) mass is 453 g/mol. The lowest BCUT2D eigenvalue weighted by Crippen LogP contribution is -2.59. The van der Waals surface area contributed by atoms with Crippen LogP contribution in [0.4, 0.5) is 0 Å². The van der Waals surface area contributed by atoms with E-state index in [1.807, 2.05) is 47.4 Å². The van der Waals surface area contributed by atoms with Crippen molar-refractivity contribution in [2.75, 3.05) is 27.2 Å². The topological polar surface area (TPSA) is 53.5 Å². The fraction of sp³-hybridized carbons (Fsp3) is 0.500. The van der Waals surface area contributed by atoms with E-state index >= 15 is 0 Å². The summed E-state index contributed by atoms with van der Waals surface area (Å²) in [6, 6.07) is 13.5. The predicted octanol–water partition coefficient (Wildman–Crippen LogP) is 4.59. The Morgan fingerprint density at radius 3 is 2.25 bits per heavy atom. The van der Waals surface area contributed by atoms with Gasteiger partial charge in [-0.25, -0.2) is 0 Å². The average Bonchev–Trinajstić information content (AvgIpc) is 2.84. The zero-order chi connectivity index (χ0) is 22.8. The standard InChI is InChI=1S/C26H32ClN3O2/c1-29(2)23(31)26(22-9-4-7-17-28-22)16-8-18-30(19-26)24(32)25(14-5-3-6-15-25)20-10-12-21(27)13-11-20/h4,7,9-13,17H,3,5-6,8,14-16,18-19H2,1-2H3/t26-/m1/s1. The lowest BCUT2D eigenvalue weighted by atomic mass is 9.67. The normalized spacial score (nSPS) is 22.9. The summed E-state index contributed by atoms with van der Waals surface area (Å²) < 4.78 is 0. The largest absolute Gasteiger partial charge is 0.348 e. The van der Waals surface area contributed by atoms with Crippen LogP contribution in [0.1, 0.15) is 56.2 Å². The summed E-state index contributed by atoms with van der Waals surface area (Å²) in [5, 5.41) is 0.677. The summed E-state index contributed by atoms with van der Waals surface area (Å²) >= 11 is 6.15. The van der Waals surface area contributed by atoms with Crippen molar-refractivity contribution >= 4 is 23.4 Å². The number of likely N-dealkylation sites (tertiary alicyclic amines) is 1. The van der Waals surface area contributed by atoms with Crippen LogP contribution in [-0.4, -0.2) is 53.8 Å². The van der Waals surface area contributed by atoms with Crippen LogP contribution in [0.2, 0.25) is 5.02 Å². The molecule has 1 aromatic carbocycles. The van der Waals surface area contributed by atoms with Crippen molar-refractivity contribution in [3.8, 4) is 0 Å². The first-order valence-corrected chi connectivity index (χ1v) is 12.0. The number of nitrogens with zero attached hydrogens (tertiary/aromatic N) is 3. The Labute approximate surface area is 195 Å². The molecule has 5 nitrogen and oxygen atoms in total. The number of rotatable bonds is 4. The molecule has 170 valence electrons. The Hall–Kier alpha value is -2.40. The van der Waals surface area contributed by atoms with Crippen molar-refractivity contribution in [2.24, 2.45) is 0 Å². The van der Waals surface area contributed by atoms with Crippen LogP contribution < -0.4 is 0 Å². The number of halogens is 1. The highest BCUT2D eigenvalue weighted by molar-refractivity contribution is 6.30. The van der Waals surface area contributed by atoms with Crippen LogP contribution in [-0.2, 0) is 20.4 Å². The zero-order valence-electron chi connectivity index (χ0n) is 19.0. The number of likely N-dealkylation sites (N-methyl/N-ethyl adjacent to an activating group) is 1. The fourth-order valence-electron chi connectivity index (χ4n) is 5.65. The summed E-state index contributed by atoms with van der Waals surface area (Å²) in [5.74, 6) is 0.156. The van der Waals surface area contributed by atoms with Gasteiger partial charge in [0.2, 0.25) is 11.8 Å². The van der Waals surface area contributed by atoms with Crippen molar-refractivity contribution in [2.45, 2.75) is 55.8 Å². The lowest BCUT2D eigenvalue weighted by molar-refractivity contribution is -0.146. The SMILES string of the molecule is CN(C)C(=O)[C@]1(c2ccccn2)CCCN(C(=O)C2(c3ccc(Cl)cc3)CCCCC2)C1. The van der Waals surface area contributed by atoms with Crippen LogP contribution in [0.25, 0.3) is 0 Å². The molecule has 1 saturated carbocycles. The minimum absolute atomic E-state index is 0.0119. The van der Waals surface area contributed by atoms with Crippen LogP contribution in [0, 0.1) is 0 Å². The van der Waals surface area contributed by atoms with E-state index in [4.69, 9.17) is 11.6 Å². The first kappa shape index (κ1) is 22.8. The van der Waals surface area contributed by atoms with E-state index < -0.39 is 10.8 Å². The summed E-state index contributed by atoms with van der Waals surface area (Å²) in [7, 11) is 3.56. The van der Waals surface area contributed by atoms with Gasteiger partial charge in [0.05, 0.1) is 11.1 Å². The second kappa shape index (κ2) is 9.22. The van der Waals surface area contributed by atoms with Crippen LogP contribution in [0.15, 0.2) is 48.7 Å². The van der Waals surface area contributed by atoms with Gasteiger partial charge in [-0.1, -0.05) is 49.1 Å². The lowest BCUT2D eigenvalue weighted by Gasteiger charge is -2.47. The van der Waals surface area contributed by atoms with Gasteiger partial charge in [-0.2, -0.15) is 0 Å². The molecule has 0 radical (unpaired) electrons. The number of piperidine rings is 1. The maximum absolute atomic E-state index is 14.2. The number of pyridine rings is 1. The molecule has 1 aliphatic heterocycles.